The molecule has 0 saturated heterocycles. The van der Waals surface area contributed by atoms with Crippen LogP contribution in [0.15, 0.2) is 0 Å². The Morgan fingerprint density at radius 1 is 1.21 bits per heavy atom. The van der Waals surface area contributed by atoms with Gasteiger partial charge in [-0.3, -0.25) is 9.89 Å². The number of aromatic nitrogens is 2. The zero-order valence-electron chi connectivity index (χ0n) is 7.97. The number of fused-ring (bicyclic) bond motifs is 2. The number of nitrogens with one attached hydrogen (secondary N) is 2. The quantitative estimate of drug-likeness (QED) is 0.713. The second-order valence-electron chi connectivity index (χ2n) is 4.15. The van der Waals surface area contributed by atoms with Crippen molar-refractivity contribution in [2.45, 2.75) is 38.0 Å². The zero-order chi connectivity index (χ0) is 9.54. The summed E-state index contributed by atoms with van der Waals surface area (Å²) in [5.41, 5.74) is 1.78. The molecule has 2 N–H and O–H groups in total. The first-order chi connectivity index (χ1) is 6.86. The lowest BCUT2D eigenvalue weighted by Gasteiger charge is -2.20. The Balaban J connectivity index is 1.96. The minimum Gasteiger partial charge on any atom is -0.305 e. The van der Waals surface area contributed by atoms with Crippen LogP contribution in [0.4, 0.5) is 5.82 Å². The van der Waals surface area contributed by atoms with Gasteiger partial charge in [0.15, 0.2) is 5.69 Å². The number of hydrogen-bond acceptors (Lipinski definition) is 2. The Kier molecular flexibility index (Phi) is 1.63. The monoisotopic (exact) mass is 191 g/mol. The Labute approximate surface area is 82.1 Å². The molecule has 1 aliphatic carbocycles. The number of anilines is 1. The van der Waals surface area contributed by atoms with Crippen LogP contribution in [-0.2, 0) is 0 Å². The summed E-state index contributed by atoms with van der Waals surface area (Å²) < 4.78 is 0. The van der Waals surface area contributed by atoms with Crippen molar-refractivity contribution in [3.63, 3.8) is 0 Å². The van der Waals surface area contributed by atoms with E-state index in [9.17, 15) is 4.79 Å². The molecule has 0 aromatic carbocycles. The molecule has 3 rings (SSSR count). The predicted molar refractivity (Wildman–Crippen MR) is 52.4 cm³/mol. The average Bonchev–Trinajstić information content (AvgIpc) is 2.75. The largest absolute Gasteiger partial charge is 0.305 e. The molecule has 4 nitrogen and oxygen atoms in total. The molecule has 74 valence electrons. The van der Waals surface area contributed by atoms with E-state index in [1.807, 2.05) is 0 Å². The highest BCUT2D eigenvalue weighted by molar-refractivity contribution is 6.09. The molecular weight excluding hydrogens is 178 g/mol. The molecule has 1 amide bonds. The fraction of sp³-hybridized carbons (Fsp3) is 0.600. The molecule has 1 aromatic rings. The maximum absolute atomic E-state index is 11.4. The van der Waals surface area contributed by atoms with Gasteiger partial charge in [-0.1, -0.05) is 19.3 Å². The van der Waals surface area contributed by atoms with Crippen molar-refractivity contribution >= 4 is 11.7 Å². The van der Waals surface area contributed by atoms with Crippen molar-refractivity contribution < 1.29 is 4.79 Å². The van der Waals surface area contributed by atoms with Crippen molar-refractivity contribution in [3.8, 4) is 0 Å². The van der Waals surface area contributed by atoms with Crippen LogP contribution in [-0.4, -0.2) is 16.1 Å². The van der Waals surface area contributed by atoms with Gasteiger partial charge in [-0.2, -0.15) is 5.10 Å². The van der Waals surface area contributed by atoms with Crippen LogP contribution in [0.25, 0.3) is 0 Å². The molecule has 0 atom stereocenters. The lowest BCUT2D eigenvalue weighted by Crippen LogP contribution is -2.11. The second kappa shape index (κ2) is 2.83. The van der Waals surface area contributed by atoms with Gasteiger partial charge in [-0.05, 0) is 18.8 Å². The maximum Gasteiger partial charge on any atom is 0.277 e. The minimum atomic E-state index is -0.0284. The van der Waals surface area contributed by atoms with Crippen LogP contribution < -0.4 is 5.32 Å². The highest BCUT2D eigenvalue weighted by Crippen LogP contribution is 2.40. The van der Waals surface area contributed by atoms with Crippen molar-refractivity contribution in [2.75, 3.05) is 5.32 Å². The Morgan fingerprint density at radius 2 is 2.00 bits per heavy atom. The second-order valence-corrected chi connectivity index (χ2v) is 4.15. The van der Waals surface area contributed by atoms with Gasteiger partial charge in [0.1, 0.15) is 5.82 Å². The molecule has 0 radical (unpaired) electrons. The zero-order valence-corrected chi connectivity index (χ0v) is 7.97. The van der Waals surface area contributed by atoms with E-state index in [0.29, 0.717) is 11.6 Å². The summed E-state index contributed by atoms with van der Waals surface area (Å²) in [5.74, 6) is 1.36. The van der Waals surface area contributed by atoms with Crippen LogP contribution >= 0.6 is 0 Å². The average molecular weight is 191 g/mol. The molecule has 14 heavy (non-hydrogen) atoms. The van der Waals surface area contributed by atoms with Crippen LogP contribution in [0.1, 0.15) is 54.1 Å². The molecule has 1 aromatic heterocycles. The lowest BCUT2D eigenvalue weighted by atomic mass is 9.84. The maximum atomic E-state index is 11.4. The number of carbonyl (C=O) groups is 1. The van der Waals surface area contributed by atoms with Crippen LogP contribution in [0.5, 0.6) is 0 Å². The Hall–Kier alpha value is -1.32. The fourth-order valence-corrected chi connectivity index (χ4v) is 2.58. The number of amides is 1. The third kappa shape index (κ3) is 0.997. The summed E-state index contributed by atoms with van der Waals surface area (Å²) >= 11 is 0. The summed E-state index contributed by atoms with van der Waals surface area (Å²) in [7, 11) is 0. The van der Waals surface area contributed by atoms with Crippen molar-refractivity contribution in [1.82, 2.24) is 10.2 Å². The first-order valence-electron chi connectivity index (χ1n) is 5.26. The van der Waals surface area contributed by atoms with Gasteiger partial charge in [-0.15, -0.1) is 0 Å². The molecule has 4 heteroatoms. The summed E-state index contributed by atoms with van der Waals surface area (Å²) in [6.45, 7) is 0. The van der Waals surface area contributed by atoms with E-state index < -0.39 is 0 Å². The SMILES string of the molecule is O=C1Nc2[nH]nc1c2C1CCCCC1. The van der Waals surface area contributed by atoms with Crippen molar-refractivity contribution in [2.24, 2.45) is 0 Å². The van der Waals surface area contributed by atoms with E-state index >= 15 is 0 Å². The molecule has 1 saturated carbocycles. The van der Waals surface area contributed by atoms with Gasteiger partial charge < -0.3 is 5.32 Å². The highest BCUT2D eigenvalue weighted by atomic mass is 16.2. The molecule has 1 fully saturated rings. The van der Waals surface area contributed by atoms with E-state index in [4.69, 9.17) is 0 Å². The van der Waals surface area contributed by atoms with E-state index in [2.05, 4.69) is 15.5 Å². The number of carbonyl (C=O) groups excluding carboxylic acids is 1. The van der Waals surface area contributed by atoms with Crippen LogP contribution in [0, 0.1) is 0 Å². The Morgan fingerprint density at radius 3 is 2.57 bits per heavy atom. The smallest absolute Gasteiger partial charge is 0.277 e. The van der Waals surface area contributed by atoms with Gasteiger partial charge >= 0.3 is 0 Å². The number of hydrogen-bond donors (Lipinski definition) is 2. The normalized spacial score (nSPS) is 21.3. The highest BCUT2D eigenvalue weighted by Gasteiger charge is 2.33. The predicted octanol–water partition coefficient (Wildman–Crippen LogP) is 2.02. The molecular formula is C10H13N3O. The van der Waals surface area contributed by atoms with Gasteiger partial charge in [0.25, 0.3) is 5.91 Å². The van der Waals surface area contributed by atoms with Gasteiger partial charge in [0.2, 0.25) is 0 Å². The molecule has 2 bridgehead atoms. The van der Waals surface area contributed by atoms with Crippen LogP contribution in [0.3, 0.4) is 0 Å². The Bertz CT molecular complexity index is 377. The van der Waals surface area contributed by atoms with Crippen molar-refractivity contribution in [3.05, 3.63) is 11.3 Å². The van der Waals surface area contributed by atoms with E-state index in [1.54, 1.807) is 0 Å². The number of aromatic amines is 1. The fourth-order valence-electron chi connectivity index (χ4n) is 2.58. The summed E-state index contributed by atoms with van der Waals surface area (Å²) in [4.78, 5) is 11.4. The number of nitrogens with zero attached hydrogens (tertiary/aromatic N) is 1. The molecule has 2 heterocycles. The molecule has 0 unspecified atom stereocenters. The first kappa shape index (κ1) is 8.03. The first-order valence-corrected chi connectivity index (χ1v) is 5.26. The summed E-state index contributed by atoms with van der Waals surface area (Å²) in [6, 6.07) is 0. The van der Waals surface area contributed by atoms with E-state index in [1.165, 1.54) is 32.1 Å². The lowest BCUT2D eigenvalue weighted by molar-refractivity contribution is 0.102. The number of rotatable bonds is 1. The van der Waals surface area contributed by atoms with Crippen LogP contribution in [0.2, 0.25) is 0 Å². The third-order valence-electron chi connectivity index (χ3n) is 3.27. The minimum absolute atomic E-state index is 0.0284. The topological polar surface area (TPSA) is 57.8 Å². The summed E-state index contributed by atoms with van der Waals surface area (Å²) in [5, 5.41) is 9.69. The van der Waals surface area contributed by atoms with Gasteiger partial charge in [0, 0.05) is 5.56 Å². The molecule has 2 aliphatic rings. The standard InChI is InChI=1S/C10H13N3O/c14-10-8-7(9(11-10)13-12-8)6-4-2-1-3-5-6/h6H,1-5H2,(H2,11,12,13,14). The van der Waals surface area contributed by atoms with Gasteiger partial charge in [-0.25, -0.2) is 0 Å². The third-order valence-corrected chi connectivity index (χ3v) is 3.27. The summed E-state index contributed by atoms with van der Waals surface area (Å²) in [6.07, 6.45) is 6.30. The number of H-pyrrole nitrogens is 1. The van der Waals surface area contributed by atoms with Crippen molar-refractivity contribution in [1.29, 1.82) is 0 Å². The van der Waals surface area contributed by atoms with E-state index in [-0.39, 0.29) is 5.91 Å². The molecule has 0 spiro atoms. The molecule has 1 aliphatic heterocycles. The van der Waals surface area contributed by atoms with E-state index in [0.717, 1.165) is 11.4 Å². The van der Waals surface area contributed by atoms with Gasteiger partial charge in [0.05, 0.1) is 0 Å².